The van der Waals surface area contributed by atoms with Crippen LogP contribution >= 0.6 is 0 Å². The second-order valence-electron chi connectivity index (χ2n) is 7.04. The van der Waals surface area contributed by atoms with Crippen molar-refractivity contribution in [2.75, 3.05) is 7.05 Å². The Labute approximate surface area is 175 Å². The molecule has 0 saturated heterocycles. The fraction of sp³-hybridized carbons (Fsp3) is 0.125. The van der Waals surface area contributed by atoms with Gasteiger partial charge in [-0.1, -0.05) is 42.5 Å². The molecule has 0 fully saturated rings. The first-order valence-electron chi connectivity index (χ1n) is 9.62. The van der Waals surface area contributed by atoms with Gasteiger partial charge in [0.05, 0.1) is 29.6 Å². The minimum absolute atomic E-state index is 0.313. The number of nitrogens with one attached hydrogen (secondary N) is 1. The highest BCUT2D eigenvalue weighted by atomic mass is 15.0. The van der Waals surface area contributed by atoms with Gasteiger partial charge in [0.2, 0.25) is 0 Å². The summed E-state index contributed by atoms with van der Waals surface area (Å²) >= 11 is 0. The third kappa shape index (κ3) is 3.38. The van der Waals surface area contributed by atoms with Crippen LogP contribution in [0.15, 0.2) is 101 Å². The molecule has 1 unspecified atom stereocenters. The van der Waals surface area contributed by atoms with E-state index in [0.717, 1.165) is 33.8 Å². The van der Waals surface area contributed by atoms with Crippen molar-refractivity contribution in [1.29, 1.82) is 5.26 Å². The summed E-state index contributed by atoms with van der Waals surface area (Å²) in [6, 6.07) is 20.4. The van der Waals surface area contributed by atoms with Crippen LogP contribution in [0.4, 0.5) is 0 Å². The lowest BCUT2D eigenvalue weighted by Crippen LogP contribution is -2.32. The van der Waals surface area contributed by atoms with E-state index in [1.165, 1.54) is 0 Å². The van der Waals surface area contributed by atoms with Crippen LogP contribution in [0.5, 0.6) is 0 Å². The van der Waals surface area contributed by atoms with Crippen molar-refractivity contribution in [3.05, 3.63) is 107 Å². The quantitative estimate of drug-likeness (QED) is 0.661. The first-order valence-corrected chi connectivity index (χ1v) is 9.62. The van der Waals surface area contributed by atoms with Gasteiger partial charge in [-0.2, -0.15) is 5.26 Å². The zero-order valence-corrected chi connectivity index (χ0v) is 16.9. The number of nitrogens with two attached hydrogens (primary N) is 1. The molecule has 1 aliphatic heterocycles. The number of rotatable bonds is 4. The first-order chi connectivity index (χ1) is 14.6. The molecule has 1 aromatic heterocycles. The highest BCUT2D eigenvalue weighted by Crippen LogP contribution is 2.39. The summed E-state index contributed by atoms with van der Waals surface area (Å²) in [7, 11) is 1.77. The van der Waals surface area contributed by atoms with Gasteiger partial charge in [-0.3, -0.25) is 4.99 Å². The lowest BCUT2D eigenvalue weighted by molar-refractivity contribution is 0.808. The lowest BCUT2D eigenvalue weighted by Gasteiger charge is -2.30. The summed E-state index contributed by atoms with van der Waals surface area (Å²) in [5, 5.41) is 13.1. The van der Waals surface area contributed by atoms with Gasteiger partial charge in [-0.25, -0.2) is 4.98 Å². The van der Waals surface area contributed by atoms with E-state index in [-0.39, 0.29) is 5.92 Å². The van der Waals surface area contributed by atoms with E-state index in [9.17, 15) is 5.26 Å². The molecular weight excluding hydrogens is 372 g/mol. The number of hydrogen-bond donors (Lipinski definition) is 2. The number of benzene rings is 2. The fourth-order valence-corrected chi connectivity index (χ4v) is 3.88. The van der Waals surface area contributed by atoms with Gasteiger partial charge < -0.3 is 15.6 Å². The molecular formula is C24H22N6. The molecule has 0 aliphatic carbocycles. The van der Waals surface area contributed by atoms with Gasteiger partial charge in [0.1, 0.15) is 5.82 Å². The molecule has 4 rings (SSSR count). The van der Waals surface area contributed by atoms with Crippen LogP contribution in [0, 0.1) is 11.3 Å². The van der Waals surface area contributed by atoms with Crippen LogP contribution in [0.3, 0.4) is 0 Å². The van der Waals surface area contributed by atoms with E-state index in [4.69, 9.17) is 5.73 Å². The Morgan fingerprint density at radius 1 is 1.17 bits per heavy atom. The standard InChI is InChI=1S/C24H22N6/c1-16-21(23(27-2)18-6-4-3-5-7-18)22(20(14-25)24(26)29-16)17-8-10-19(11-9-17)30-13-12-28-15-30/h3-13,15,22,29H,26H2,1-2H3. The highest BCUT2D eigenvalue weighted by molar-refractivity contribution is 6.14. The minimum Gasteiger partial charge on any atom is -0.384 e. The molecule has 0 saturated carbocycles. The highest BCUT2D eigenvalue weighted by Gasteiger charge is 2.32. The molecule has 2 aromatic carbocycles. The molecule has 0 spiro atoms. The maximum absolute atomic E-state index is 9.92. The SMILES string of the molecule is CN=C(C1=C(C)NC(N)=C(C#N)C1c1ccc(-n2ccnc2)cc1)c1ccccc1. The monoisotopic (exact) mass is 394 g/mol. The van der Waals surface area contributed by atoms with E-state index in [2.05, 4.69) is 21.4 Å². The van der Waals surface area contributed by atoms with Crippen LogP contribution in [-0.4, -0.2) is 22.3 Å². The Hall–Kier alpha value is -4.11. The molecule has 148 valence electrons. The minimum atomic E-state index is -0.313. The van der Waals surface area contributed by atoms with E-state index in [0.29, 0.717) is 11.4 Å². The zero-order chi connectivity index (χ0) is 21.1. The average molecular weight is 394 g/mol. The number of aliphatic imine (C=N–C) groups is 1. The number of aromatic nitrogens is 2. The van der Waals surface area contributed by atoms with E-state index in [1.54, 1.807) is 19.6 Å². The van der Waals surface area contributed by atoms with Crippen molar-refractivity contribution in [1.82, 2.24) is 14.9 Å². The molecule has 2 heterocycles. The van der Waals surface area contributed by atoms with Crippen molar-refractivity contribution < 1.29 is 0 Å². The molecule has 6 heteroatoms. The van der Waals surface area contributed by atoms with Crippen molar-refractivity contribution in [2.45, 2.75) is 12.8 Å². The summed E-state index contributed by atoms with van der Waals surface area (Å²) in [5.74, 6) is 0.0675. The van der Waals surface area contributed by atoms with Gasteiger partial charge in [0.25, 0.3) is 0 Å². The summed E-state index contributed by atoms with van der Waals surface area (Å²) in [5.41, 5.74) is 12.3. The number of hydrogen-bond acceptors (Lipinski definition) is 5. The lowest BCUT2D eigenvalue weighted by atomic mass is 9.78. The summed E-state index contributed by atoms with van der Waals surface area (Å²) < 4.78 is 1.94. The van der Waals surface area contributed by atoms with Crippen molar-refractivity contribution in [3.63, 3.8) is 0 Å². The Kier molecular flexibility index (Phi) is 5.19. The maximum Gasteiger partial charge on any atom is 0.115 e. The fourth-order valence-electron chi connectivity index (χ4n) is 3.88. The Balaban J connectivity index is 1.84. The van der Waals surface area contributed by atoms with Crippen molar-refractivity contribution >= 4 is 5.71 Å². The zero-order valence-electron chi connectivity index (χ0n) is 16.9. The molecule has 0 amide bonds. The van der Waals surface area contributed by atoms with Gasteiger partial charge in [0.15, 0.2) is 0 Å². The smallest absolute Gasteiger partial charge is 0.115 e. The number of allylic oxidation sites excluding steroid dienone is 3. The summed E-state index contributed by atoms with van der Waals surface area (Å²) in [6.07, 6.45) is 5.39. The van der Waals surface area contributed by atoms with Crippen molar-refractivity contribution in [2.24, 2.45) is 10.7 Å². The maximum atomic E-state index is 9.92. The Morgan fingerprint density at radius 3 is 2.50 bits per heavy atom. The average Bonchev–Trinajstić information content (AvgIpc) is 3.31. The molecule has 1 atom stereocenters. The number of nitrogens with zero attached hydrogens (tertiary/aromatic N) is 4. The van der Waals surface area contributed by atoms with Crippen molar-refractivity contribution in [3.8, 4) is 11.8 Å². The molecule has 3 aromatic rings. The van der Waals surface area contributed by atoms with Gasteiger partial charge >= 0.3 is 0 Å². The Morgan fingerprint density at radius 2 is 1.90 bits per heavy atom. The van der Waals surface area contributed by atoms with Crippen LogP contribution in [0.1, 0.15) is 24.0 Å². The van der Waals surface area contributed by atoms with Crippen LogP contribution < -0.4 is 11.1 Å². The predicted molar refractivity (Wildman–Crippen MR) is 118 cm³/mol. The summed E-state index contributed by atoms with van der Waals surface area (Å²) in [6.45, 7) is 1.97. The predicted octanol–water partition coefficient (Wildman–Crippen LogP) is 3.65. The largest absolute Gasteiger partial charge is 0.384 e. The second-order valence-corrected chi connectivity index (χ2v) is 7.04. The molecule has 3 N–H and O–H groups in total. The van der Waals surface area contributed by atoms with Crippen LogP contribution in [0.25, 0.3) is 5.69 Å². The number of dihydropyridines is 1. The van der Waals surface area contributed by atoms with Crippen LogP contribution in [0.2, 0.25) is 0 Å². The molecule has 6 nitrogen and oxygen atoms in total. The molecule has 30 heavy (non-hydrogen) atoms. The number of nitriles is 1. The normalized spacial score (nSPS) is 17.0. The molecule has 0 radical (unpaired) electrons. The van der Waals surface area contributed by atoms with Gasteiger partial charge in [-0.05, 0) is 24.6 Å². The van der Waals surface area contributed by atoms with Crippen LogP contribution in [-0.2, 0) is 0 Å². The van der Waals surface area contributed by atoms with E-state index < -0.39 is 0 Å². The third-order valence-corrected chi connectivity index (χ3v) is 5.27. The summed E-state index contributed by atoms with van der Waals surface area (Å²) in [4.78, 5) is 8.69. The van der Waals surface area contributed by atoms with Gasteiger partial charge in [0, 0.05) is 42.0 Å². The molecule has 1 aliphatic rings. The topological polar surface area (TPSA) is 92.0 Å². The Bertz CT molecular complexity index is 1180. The second kappa shape index (κ2) is 8.10. The molecule has 0 bridgehead atoms. The third-order valence-electron chi connectivity index (χ3n) is 5.27. The van der Waals surface area contributed by atoms with E-state index in [1.807, 2.05) is 72.3 Å². The van der Waals surface area contributed by atoms with Gasteiger partial charge in [-0.15, -0.1) is 0 Å². The van der Waals surface area contributed by atoms with E-state index >= 15 is 0 Å². The number of imidazole rings is 1. The first kappa shape index (κ1) is 19.2.